The van der Waals surface area contributed by atoms with Crippen LogP contribution in [0.15, 0.2) is 12.1 Å². The standard InChI is InChI=1S/C9H7F2N3/c1-4-5-2-6(10)7(11)3-8(5)14-9(12)13-4/h2-3H,1H3,(H2,12,13,14). The van der Waals surface area contributed by atoms with Crippen molar-refractivity contribution in [3.8, 4) is 0 Å². The second-order valence-electron chi connectivity index (χ2n) is 2.95. The Bertz CT molecular complexity index is 511. The van der Waals surface area contributed by atoms with Crippen molar-refractivity contribution in [2.24, 2.45) is 0 Å². The van der Waals surface area contributed by atoms with Crippen molar-refractivity contribution in [3.05, 3.63) is 29.5 Å². The van der Waals surface area contributed by atoms with Crippen LogP contribution in [0.2, 0.25) is 0 Å². The number of anilines is 1. The number of halogens is 2. The molecule has 14 heavy (non-hydrogen) atoms. The lowest BCUT2D eigenvalue weighted by molar-refractivity contribution is 0.510. The highest BCUT2D eigenvalue weighted by Crippen LogP contribution is 2.19. The second-order valence-corrected chi connectivity index (χ2v) is 2.95. The van der Waals surface area contributed by atoms with Crippen LogP contribution in [-0.4, -0.2) is 9.97 Å². The minimum Gasteiger partial charge on any atom is -0.368 e. The van der Waals surface area contributed by atoms with Crippen LogP contribution in [0.25, 0.3) is 10.9 Å². The topological polar surface area (TPSA) is 51.8 Å². The van der Waals surface area contributed by atoms with Crippen LogP contribution in [0, 0.1) is 18.6 Å². The van der Waals surface area contributed by atoms with Crippen molar-refractivity contribution < 1.29 is 8.78 Å². The number of hydrogen-bond donors (Lipinski definition) is 1. The van der Waals surface area contributed by atoms with E-state index in [1.807, 2.05) is 0 Å². The van der Waals surface area contributed by atoms with E-state index in [1.54, 1.807) is 6.92 Å². The van der Waals surface area contributed by atoms with E-state index < -0.39 is 11.6 Å². The van der Waals surface area contributed by atoms with Gasteiger partial charge in [-0.15, -0.1) is 0 Å². The van der Waals surface area contributed by atoms with Crippen molar-refractivity contribution in [1.29, 1.82) is 0 Å². The zero-order chi connectivity index (χ0) is 10.3. The van der Waals surface area contributed by atoms with Crippen LogP contribution >= 0.6 is 0 Å². The molecule has 0 atom stereocenters. The molecule has 0 unspecified atom stereocenters. The summed E-state index contributed by atoms with van der Waals surface area (Å²) in [4.78, 5) is 7.65. The Kier molecular flexibility index (Phi) is 1.80. The molecule has 0 fully saturated rings. The minimum atomic E-state index is -0.935. The summed E-state index contributed by atoms with van der Waals surface area (Å²) in [6, 6.07) is 2.08. The molecule has 1 heterocycles. The molecule has 0 spiro atoms. The summed E-state index contributed by atoms with van der Waals surface area (Å²) in [5.74, 6) is -1.79. The minimum absolute atomic E-state index is 0.0565. The monoisotopic (exact) mass is 195 g/mol. The third kappa shape index (κ3) is 1.26. The van der Waals surface area contributed by atoms with Gasteiger partial charge >= 0.3 is 0 Å². The molecule has 0 aliphatic heterocycles. The van der Waals surface area contributed by atoms with Crippen LogP contribution in [0.5, 0.6) is 0 Å². The second kappa shape index (κ2) is 2.87. The first-order chi connectivity index (χ1) is 6.58. The van der Waals surface area contributed by atoms with E-state index in [-0.39, 0.29) is 5.95 Å². The summed E-state index contributed by atoms with van der Waals surface area (Å²) in [7, 11) is 0. The fourth-order valence-electron chi connectivity index (χ4n) is 1.30. The Morgan fingerprint density at radius 1 is 1.14 bits per heavy atom. The van der Waals surface area contributed by atoms with Gasteiger partial charge < -0.3 is 5.73 Å². The maximum Gasteiger partial charge on any atom is 0.220 e. The Morgan fingerprint density at radius 3 is 2.50 bits per heavy atom. The molecule has 1 aromatic carbocycles. The van der Waals surface area contributed by atoms with Gasteiger partial charge in [0.05, 0.1) is 11.2 Å². The molecule has 0 amide bonds. The normalized spacial score (nSPS) is 10.8. The van der Waals surface area contributed by atoms with Crippen molar-refractivity contribution >= 4 is 16.9 Å². The SMILES string of the molecule is Cc1nc(N)nc2cc(F)c(F)cc12. The first-order valence-corrected chi connectivity index (χ1v) is 3.97. The summed E-state index contributed by atoms with van der Waals surface area (Å²) in [6.07, 6.45) is 0. The average Bonchev–Trinajstić information content (AvgIpc) is 2.08. The van der Waals surface area contributed by atoms with E-state index >= 15 is 0 Å². The lowest BCUT2D eigenvalue weighted by atomic mass is 10.2. The van der Waals surface area contributed by atoms with Gasteiger partial charge in [-0.05, 0) is 13.0 Å². The summed E-state index contributed by atoms with van der Waals surface area (Å²) < 4.78 is 25.7. The number of nitrogen functional groups attached to an aromatic ring is 1. The molecule has 0 saturated heterocycles. The quantitative estimate of drug-likeness (QED) is 0.697. The largest absolute Gasteiger partial charge is 0.368 e. The van der Waals surface area contributed by atoms with Gasteiger partial charge in [0.25, 0.3) is 0 Å². The Balaban J connectivity index is 2.89. The number of aryl methyl sites for hydroxylation is 1. The van der Waals surface area contributed by atoms with Gasteiger partial charge in [-0.25, -0.2) is 18.7 Å². The third-order valence-corrected chi connectivity index (χ3v) is 1.95. The van der Waals surface area contributed by atoms with Crippen LogP contribution < -0.4 is 5.73 Å². The first kappa shape index (κ1) is 8.80. The van der Waals surface area contributed by atoms with Crippen molar-refractivity contribution in [2.75, 3.05) is 5.73 Å². The van der Waals surface area contributed by atoms with Crippen molar-refractivity contribution in [2.45, 2.75) is 6.92 Å². The first-order valence-electron chi connectivity index (χ1n) is 3.97. The molecular weight excluding hydrogens is 188 g/mol. The molecule has 5 heteroatoms. The molecule has 72 valence electrons. The predicted octanol–water partition coefficient (Wildman–Crippen LogP) is 1.80. The number of nitrogens with two attached hydrogens (primary N) is 1. The lowest BCUT2D eigenvalue weighted by Crippen LogP contribution is -1.98. The van der Waals surface area contributed by atoms with E-state index in [0.717, 1.165) is 12.1 Å². The summed E-state index contributed by atoms with van der Waals surface area (Å²) >= 11 is 0. The van der Waals surface area contributed by atoms with Crippen LogP contribution in [0.4, 0.5) is 14.7 Å². The van der Waals surface area contributed by atoms with Crippen LogP contribution in [0.3, 0.4) is 0 Å². The van der Waals surface area contributed by atoms with Gasteiger partial charge in [0.1, 0.15) is 0 Å². The number of hydrogen-bond acceptors (Lipinski definition) is 3. The average molecular weight is 195 g/mol. The van der Waals surface area contributed by atoms with Gasteiger partial charge in [-0.2, -0.15) is 0 Å². The summed E-state index contributed by atoms with van der Waals surface area (Å²) in [5.41, 5.74) is 6.22. The molecule has 2 aromatic rings. The van der Waals surface area contributed by atoms with E-state index in [9.17, 15) is 8.78 Å². The summed E-state index contributed by atoms with van der Waals surface area (Å²) in [5, 5.41) is 0.470. The predicted molar refractivity (Wildman–Crippen MR) is 48.6 cm³/mol. The smallest absolute Gasteiger partial charge is 0.220 e. The molecule has 2 rings (SSSR count). The van der Waals surface area contributed by atoms with Gasteiger partial charge in [-0.3, -0.25) is 0 Å². The number of benzene rings is 1. The highest BCUT2D eigenvalue weighted by atomic mass is 19.2. The maximum absolute atomic E-state index is 12.9. The number of nitrogens with zero attached hydrogens (tertiary/aromatic N) is 2. The Hall–Kier alpha value is -1.78. The molecule has 1 aromatic heterocycles. The molecular formula is C9H7F2N3. The molecule has 0 radical (unpaired) electrons. The Labute approximate surface area is 78.6 Å². The number of aromatic nitrogens is 2. The zero-order valence-electron chi connectivity index (χ0n) is 7.38. The van der Waals surface area contributed by atoms with Gasteiger partial charge in [0.2, 0.25) is 5.95 Å². The highest BCUT2D eigenvalue weighted by Gasteiger charge is 2.08. The van der Waals surface area contributed by atoms with Crippen LogP contribution in [0.1, 0.15) is 5.69 Å². The summed E-state index contributed by atoms with van der Waals surface area (Å²) in [6.45, 7) is 1.66. The van der Waals surface area contributed by atoms with E-state index in [2.05, 4.69) is 9.97 Å². The van der Waals surface area contributed by atoms with E-state index in [4.69, 9.17) is 5.73 Å². The van der Waals surface area contributed by atoms with E-state index in [0.29, 0.717) is 16.6 Å². The van der Waals surface area contributed by atoms with Gasteiger partial charge in [0, 0.05) is 11.5 Å². The van der Waals surface area contributed by atoms with Crippen LogP contribution in [-0.2, 0) is 0 Å². The molecule has 0 aliphatic carbocycles. The van der Waals surface area contributed by atoms with Crippen molar-refractivity contribution in [3.63, 3.8) is 0 Å². The molecule has 0 aliphatic rings. The highest BCUT2D eigenvalue weighted by molar-refractivity contribution is 5.81. The third-order valence-electron chi connectivity index (χ3n) is 1.95. The molecule has 0 saturated carbocycles. The maximum atomic E-state index is 12.9. The Morgan fingerprint density at radius 2 is 1.79 bits per heavy atom. The zero-order valence-corrected chi connectivity index (χ0v) is 7.38. The fraction of sp³-hybridized carbons (Fsp3) is 0.111. The lowest BCUT2D eigenvalue weighted by Gasteiger charge is -2.02. The molecule has 0 bridgehead atoms. The van der Waals surface area contributed by atoms with Crippen molar-refractivity contribution in [1.82, 2.24) is 9.97 Å². The fourth-order valence-corrected chi connectivity index (χ4v) is 1.30. The molecule has 2 N–H and O–H groups in total. The van der Waals surface area contributed by atoms with Gasteiger partial charge in [-0.1, -0.05) is 0 Å². The van der Waals surface area contributed by atoms with Gasteiger partial charge in [0.15, 0.2) is 11.6 Å². The number of fused-ring (bicyclic) bond motifs is 1. The van der Waals surface area contributed by atoms with E-state index in [1.165, 1.54) is 0 Å². The molecule has 3 nitrogen and oxygen atoms in total. The number of rotatable bonds is 0.